The van der Waals surface area contributed by atoms with Crippen molar-refractivity contribution in [2.45, 2.75) is 0 Å². The Balaban J connectivity index is 1.12. The highest BCUT2D eigenvalue weighted by molar-refractivity contribution is 6.38. The quantitative estimate of drug-likeness (QED) is 0.121. The first-order valence-electron chi connectivity index (χ1n) is 22.4. The topological polar surface area (TPSA) is 0 Å². The van der Waals surface area contributed by atoms with Crippen LogP contribution in [-0.4, -0.2) is 0 Å². The molecular formula is C64H36. The van der Waals surface area contributed by atoms with Gasteiger partial charge in [0.2, 0.25) is 0 Å². The van der Waals surface area contributed by atoms with Crippen LogP contribution in [0.4, 0.5) is 0 Å². The van der Waals surface area contributed by atoms with Gasteiger partial charge in [0.05, 0.1) is 0 Å². The van der Waals surface area contributed by atoms with E-state index in [4.69, 9.17) is 0 Å². The molecule has 0 saturated heterocycles. The minimum Gasteiger partial charge on any atom is -0.0616 e. The number of benzene rings is 14. The lowest BCUT2D eigenvalue weighted by atomic mass is 9.81. The molecule has 0 N–H and O–H groups in total. The molecule has 0 heteroatoms. The van der Waals surface area contributed by atoms with Gasteiger partial charge in [0, 0.05) is 0 Å². The standard InChI is InChI=1S/C64H36/c1-2-19-44-42(17-1)43-18-3-5-21-46(43)63-47-22-6-4-20-45(47)57(36-56(44)63)64-52-25-9-7-23-48(52)58(49-24-8-10-26-53(49)64)41-34-40-33-32-39-15-12-28-51-50-27-11-14-37-30-31-38-16-13-29-54(61(38)59(37)50)55(35-41)62(40)60(39)51/h1-36H. The molecule has 0 atom stereocenters. The summed E-state index contributed by atoms with van der Waals surface area (Å²) in [5.41, 5.74) is 5.05. The summed E-state index contributed by atoms with van der Waals surface area (Å²) in [6.07, 6.45) is 0. The van der Waals surface area contributed by atoms with E-state index < -0.39 is 0 Å². The fourth-order valence-corrected chi connectivity index (χ4v) is 12.1. The lowest BCUT2D eigenvalue weighted by Crippen LogP contribution is -1.94. The van der Waals surface area contributed by atoms with Crippen LogP contribution in [0, 0.1) is 0 Å². The van der Waals surface area contributed by atoms with Crippen molar-refractivity contribution in [1.82, 2.24) is 0 Å². The Morgan fingerprint density at radius 1 is 0.172 bits per heavy atom. The molecule has 15 aromatic carbocycles. The van der Waals surface area contributed by atoms with E-state index in [1.54, 1.807) is 0 Å². The van der Waals surface area contributed by atoms with E-state index in [1.807, 2.05) is 0 Å². The van der Waals surface area contributed by atoms with Gasteiger partial charge in [0.1, 0.15) is 0 Å². The van der Waals surface area contributed by atoms with E-state index in [0.29, 0.717) is 0 Å². The first-order valence-corrected chi connectivity index (χ1v) is 22.4. The molecule has 0 heterocycles. The molecule has 0 amide bonds. The SMILES string of the molecule is c1ccc2c(-c3cc4c5ccccc5c5ccccc5c4c4ccccc34)c3ccccc3c(-c3cc4ccc5cccc6c7cccc8ccc9cccc(c(c3)c4c56)c9c87)c2c1. The van der Waals surface area contributed by atoms with Gasteiger partial charge in [-0.25, -0.2) is 0 Å². The number of hydrogen-bond acceptors (Lipinski definition) is 0. The average molecular weight is 805 g/mol. The van der Waals surface area contributed by atoms with Crippen molar-refractivity contribution >= 4 is 129 Å². The lowest BCUT2D eigenvalue weighted by molar-refractivity contribution is 1.71. The Morgan fingerprint density at radius 2 is 0.500 bits per heavy atom. The smallest absolute Gasteiger partial charge is 0.00199 e. The summed E-state index contributed by atoms with van der Waals surface area (Å²) >= 11 is 0. The van der Waals surface area contributed by atoms with Crippen LogP contribution < -0.4 is 0 Å². The summed E-state index contributed by atoms with van der Waals surface area (Å²) in [6.45, 7) is 0. The van der Waals surface area contributed by atoms with E-state index >= 15 is 0 Å². The minimum absolute atomic E-state index is 1.23. The summed E-state index contributed by atoms with van der Waals surface area (Å²) in [5.74, 6) is 0. The van der Waals surface area contributed by atoms with Crippen molar-refractivity contribution in [3.8, 4) is 22.3 Å². The van der Waals surface area contributed by atoms with Gasteiger partial charge in [-0.3, -0.25) is 0 Å². The maximum Gasteiger partial charge on any atom is -0.00199 e. The second-order valence-electron chi connectivity index (χ2n) is 17.8. The van der Waals surface area contributed by atoms with E-state index in [2.05, 4.69) is 218 Å². The van der Waals surface area contributed by atoms with Crippen molar-refractivity contribution in [3.05, 3.63) is 218 Å². The highest BCUT2D eigenvalue weighted by Crippen LogP contribution is 2.50. The van der Waals surface area contributed by atoms with Crippen molar-refractivity contribution in [3.63, 3.8) is 0 Å². The molecule has 0 radical (unpaired) electrons. The van der Waals surface area contributed by atoms with Crippen molar-refractivity contribution in [1.29, 1.82) is 0 Å². The van der Waals surface area contributed by atoms with Crippen LogP contribution in [0.3, 0.4) is 0 Å². The van der Waals surface area contributed by atoms with Gasteiger partial charge in [-0.2, -0.15) is 0 Å². The molecule has 64 heavy (non-hydrogen) atoms. The second kappa shape index (κ2) is 12.6. The van der Waals surface area contributed by atoms with Crippen LogP contribution in [0.25, 0.3) is 152 Å². The first-order chi connectivity index (χ1) is 31.8. The van der Waals surface area contributed by atoms with Gasteiger partial charge in [0.15, 0.2) is 0 Å². The van der Waals surface area contributed by atoms with Crippen LogP contribution in [0.5, 0.6) is 0 Å². The normalized spacial score (nSPS) is 12.4. The van der Waals surface area contributed by atoms with E-state index in [0.717, 1.165) is 0 Å². The molecule has 0 nitrogen and oxygen atoms in total. The van der Waals surface area contributed by atoms with Gasteiger partial charge < -0.3 is 0 Å². The average Bonchev–Trinajstić information content (AvgIpc) is 3.36. The fourth-order valence-electron chi connectivity index (χ4n) is 12.1. The molecular weight excluding hydrogens is 769 g/mol. The Morgan fingerprint density at radius 3 is 1.03 bits per heavy atom. The second-order valence-corrected chi connectivity index (χ2v) is 17.8. The maximum atomic E-state index is 2.52. The van der Waals surface area contributed by atoms with Gasteiger partial charge in [0.25, 0.3) is 0 Å². The van der Waals surface area contributed by atoms with E-state index in [-0.39, 0.29) is 0 Å². The third-order valence-electron chi connectivity index (χ3n) is 14.7. The number of rotatable bonds is 2. The Labute approximate surface area is 368 Å². The molecule has 292 valence electrons. The molecule has 0 aromatic heterocycles. The molecule has 0 aliphatic carbocycles. The van der Waals surface area contributed by atoms with E-state index in [1.165, 1.54) is 152 Å². The van der Waals surface area contributed by atoms with E-state index in [9.17, 15) is 0 Å². The molecule has 0 saturated carbocycles. The highest BCUT2D eigenvalue weighted by Gasteiger charge is 2.22. The van der Waals surface area contributed by atoms with Crippen LogP contribution in [0.2, 0.25) is 0 Å². The zero-order valence-electron chi connectivity index (χ0n) is 34.8. The third-order valence-corrected chi connectivity index (χ3v) is 14.7. The van der Waals surface area contributed by atoms with Gasteiger partial charge in [-0.05, 0) is 170 Å². The largest absolute Gasteiger partial charge is 0.0616 e. The predicted molar refractivity (Wildman–Crippen MR) is 279 cm³/mol. The monoisotopic (exact) mass is 804 g/mol. The van der Waals surface area contributed by atoms with Crippen LogP contribution in [0.15, 0.2) is 218 Å². The summed E-state index contributed by atoms with van der Waals surface area (Å²) in [7, 11) is 0. The molecule has 0 fully saturated rings. The molecule has 0 aliphatic heterocycles. The zero-order valence-corrected chi connectivity index (χ0v) is 34.8. The number of hydrogen-bond donors (Lipinski definition) is 0. The summed E-state index contributed by atoms with van der Waals surface area (Å²) < 4.78 is 0. The lowest BCUT2D eigenvalue weighted by Gasteiger charge is -2.21. The molecule has 0 unspecified atom stereocenters. The minimum atomic E-state index is 1.23. The third kappa shape index (κ3) is 4.46. The summed E-state index contributed by atoms with van der Waals surface area (Å²) in [5, 5.41) is 30.9. The Bertz CT molecular complexity index is 4470. The number of fused-ring (bicyclic) bond motifs is 12. The molecule has 0 bridgehead atoms. The highest BCUT2D eigenvalue weighted by atomic mass is 14.3. The van der Waals surface area contributed by atoms with Gasteiger partial charge in [-0.15, -0.1) is 0 Å². The Kier molecular flexibility index (Phi) is 6.77. The van der Waals surface area contributed by atoms with Crippen LogP contribution >= 0.6 is 0 Å². The van der Waals surface area contributed by atoms with Crippen LogP contribution in [0.1, 0.15) is 0 Å². The maximum absolute atomic E-state index is 2.52. The van der Waals surface area contributed by atoms with Crippen LogP contribution in [-0.2, 0) is 0 Å². The molecule has 15 aromatic rings. The first kappa shape index (κ1) is 34.3. The molecule has 0 spiro atoms. The Hall–Kier alpha value is -8.32. The van der Waals surface area contributed by atoms with Gasteiger partial charge >= 0.3 is 0 Å². The van der Waals surface area contributed by atoms with Crippen molar-refractivity contribution in [2.75, 3.05) is 0 Å². The predicted octanol–water partition coefficient (Wildman–Crippen LogP) is 18.3. The molecule has 0 aliphatic rings. The van der Waals surface area contributed by atoms with Crippen molar-refractivity contribution < 1.29 is 0 Å². The van der Waals surface area contributed by atoms with Gasteiger partial charge in [-0.1, -0.05) is 200 Å². The zero-order chi connectivity index (χ0) is 41.6. The summed E-state index contributed by atoms with van der Waals surface area (Å²) in [6, 6.07) is 82.7. The van der Waals surface area contributed by atoms with Crippen molar-refractivity contribution in [2.24, 2.45) is 0 Å². The molecule has 15 rings (SSSR count). The summed E-state index contributed by atoms with van der Waals surface area (Å²) in [4.78, 5) is 0. The fraction of sp³-hybridized carbons (Fsp3) is 0.